The molecule has 0 radical (unpaired) electrons. The highest BCUT2D eigenvalue weighted by Gasteiger charge is 2.22. The van der Waals surface area contributed by atoms with Crippen molar-refractivity contribution >= 4 is 23.5 Å². The fourth-order valence-corrected chi connectivity index (χ4v) is 3.31. The number of aromatic nitrogens is 2. The van der Waals surface area contributed by atoms with Crippen molar-refractivity contribution < 1.29 is 9.53 Å². The largest absolute Gasteiger partial charge is 0.464 e. The van der Waals surface area contributed by atoms with Gasteiger partial charge in [0.25, 0.3) is 0 Å². The lowest BCUT2D eigenvalue weighted by Gasteiger charge is -2.12. The third-order valence-electron chi connectivity index (χ3n) is 2.99. The van der Waals surface area contributed by atoms with Gasteiger partial charge in [-0.25, -0.2) is 9.78 Å². The summed E-state index contributed by atoms with van der Waals surface area (Å²) in [6.45, 7) is 2.69. The molecule has 94 valence electrons. The van der Waals surface area contributed by atoms with E-state index in [1.807, 2.05) is 23.3 Å². The lowest BCUT2D eigenvalue weighted by molar-refractivity contribution is 0.0595. The molecule has 2 heterocycles. The van der Waals surface area contributed by atoms with Gasteiger partial charge in [-0.05, 0) is 25.5 Å². The molecule has 1 aromatic rings. The quantitative estimate of drug-likeness (QED) is 0.828. The third kappa shape index (κ3) is 2.41. The van der Waals surface area contributed by atoms with Gasteiger partial charge in [-0.15, -0.1) is 0 Å². The van der Waals surface area contributed by atoms with E-state index in [-0.39, 0.29) is 5.69 Å². The molecule has 1 saturated heterocycles. The van der Waals surface area contributed by atoms with Gasteiger partial charge in [-0.2, -0.15) is 11.8 Å². The molecule has 2 rings (SSSR count). The number of aryl methyl sites for hydroxylation is 1. The van der Waals surface area contributed by atoms with Crippen molar-refractivity contribution in [3.05, 3.63) is 11.5 Å². The molecule has 1 aliphatic heterocycles. The minimum absolute atomic E-state index is 0.230. The van der Waals surface area contributed by atoms with E-state index in [1.54, 1.807) is 0 Å². The minimum Gasteiger partial charge on any atom is -0.464 e. The highest BCUT2D eigenvalue weighted by molar-refractivity contribution is 8.00. The summed E-state index contributed by atoms with van der Waals surface area (Å²) in [7, 11) is 1.34. The van der Waals surface area contributed by atoms with Crippen molar-refractivity contribution in [2.45, 2.75) is 31.6 Å². The first-order valence-electron chi connectivity index (χ1n) is 5.66. The molecule has 0 saturated carbocycles. The van der Waals surface area contributed by atoms with Crippen molar-refractivity contribution in [3.63, 3.8) is 0 Å². The average Bonchev–Trinajstić information content (AvgIpc) is 2.91. The Morgan fingerprint density at radius 1 is 1.71 bits per heavy atom. The standard InChI is InChI=1S/C11H17N3O2S/c1-7-13-9(11(15)16-2)10(12)14(7)6-8-4-3-5-17-8/h8H,3-6,12H2,1-2H3. The monoisotopic (exact) mass is 255 g/mol. The molecule has 0 spiro atoms. The lowest BCUT2D eigenvalue weighted by atomic mass is 10.2. The Kier molecular flexibility index (Phi) is 3.61. The van der Waals surface area contributed by atoms with Gasteiger partial charge >= 0.3 is 5.97 Å². The smallest absolute Gasteiger partial charge is 0.360 e. The molecule has 5 nitrogen and oxygen atoms in total. The number of imidazole rings is 1. The lowest BCUT2D eigenvalue weighted by Crippen LogP contribution is -2.14. The number of anilines is 1. The molecule has 6 heteroatoms. The topological polar surface area (TPSA) is 70.1 Å². The van der Waals surface area contributed by atoms with E-state index in [2.05, 4.69) is 9.72 Å². The highest BCUT2D eigenvalue weighted by atomic mass is 32.2. The van der Waals surface area contributed by atoms with Crippen molar-refractivity contribution in [1.82, 2.24) is 9.55 Å². The second-order valence-electron chi connectivity index (χ2n) is 4.13. The first-order valence-corrected chi connectivity index (χ1v) is 6.71. The van der Waals surface area contributed by atoms with Gasteiger partial charge in [0, 0.05) is 11.8 Å². The number of nitrogens with zero attached hydrogens (tertiary/aromatic N) is 2. The van der Waals surface area contributed by atoms with Crippen LogP contribution < -0.4 is 5.73 Å². The van der Waals surface area contributed by atoms with Crippen LogP contribution in [-0.4, -0.2) is 33.6 Å². The van der Waals surface area contributed by atoms with Crippen LogP contribution in [0.2, 0.25) is 0 Å². The van der Waals surface area contributed by atoms with E-state index in [1.165, 1.54) is 25.7 Å². The summed E-state index contributed by atoms with van der Waals surface area (Å²) in [5.74, 6) is 1.93. The molecule has 0 aliphatic carbocycles. The van der Waals surface area contributed by atoms with Gasteiger partial charge in [-0.1, -0.05) is 0 Å². The average molecular weight is 255 g/mol. The van der Waals surface area contributed by atoms with Crippen LogP contribution in [0.5, 0.6) is 0 Å². The van der Waals surface area contributed by atoms with Gasteiger partial charge in [0.2, 0.25) is 0 Å². The summed E-state index contributed by atoms with van der Waals surface area (Å²) in [6, 6.07) is 0. The second-order valence-corrected chi connectivity index (χ2v) is 5.54. The van der Waals surface area contributed by atoms with Crippen LogP contribution >= 0.6 is 11.8 Å². The van der Waals surface area contributed by atoms with Crippen LogP contribution in [0.3, 0.4) is 0 Å². The minimum atomic E-state index is -0.469. The van der Waals surface area contributed by atoms with Crippen LogP contribution in [0.1, 0.15) is 29.2 Å². The van der Waals surface area contributed by atoms with Gasteiger partial charge in [-0.3, -0.25) is 0 Å². The third-order valence-corrected chi connectivity index (χ3v) is 4.37. The summed E-state index contributed by atoms with van der Waals surface area (Å²) in [6.07, 6.45) is 2.46. The maximum absolute atomic E-state index is 11.5. The number of carbonyl (C=O) groups is 1. The first kappa shape index (κ1) is 12.3. The van der Waals surface area contributed by atoms with Crippen LogP contribution in [0, 0.1) is 6.92 Å². The number of thioether (sulfide) groups is 1. The molecule has 0 bridgehead atoms. The number of nitrogens with two attached hydrogens (primary N) is 1. The Hall–Kier alpha value is -1.17. The molecule has 17 heavy (non-hydrogen) atoms. The molecular formula is C11H17N3O2S. The summed E-state index contributed by atoms with van der Waals surface area (Å²) >= 11 is 1.96. The molecule has 1 unspecified atom stereocenters. The normalized spacial score (nSPS) is 19.5. The summed E-state index contributed by atoms with van der Waals surface area (Å²) in [4.78, 5) is 15.6. The Morgan fingerprint density at radius 2 is 2.47 bits per heavy atom. The van der Waals surface area contributed by atoms with E-state index >= 15 is 0 Å². The molecular weight excluding hydrogens is 238 g/mol. The van der Waals surface area contributed by atoms with E-state index in [0.717, 1.165) is 12.4 Å². The molecule has 0 aromatic carbocycles. The molecule has 0 amide bonds. The summed E-state index contributed by atoms with van der Waals surface area (Å²) in [5, 5.41) is 0.579. The summed E-state index contributed by atoms with van der Waals surface area (Å²) < 4.78 is 6.57. The Labute approximate surface area is 105 Å². The number of nitrogen functional groups attached to an aromatic ring is 1. The van der Waals surface area contributed by atoms with E-state index < -0.39 is 5.97 Å². The second kappa shape index (κ2) is 5.00. The molecule has 1 fully saturated rings. The van der Waals surface area contributed by atoms with Gasteiger partial charge in [0.1, 0.15) is 11.6 Å². The zero-order valence-electron chi connectivity index (χ0n) is 10.1. The van der Waals surface area contributed by atoms with Crippen LogP contribution in [0.4, 0.5) is 5.82 Å². The van der Waals surface area contributed by atoms with E-state index in [9.17, 15) is 4.79 Å². The Morgan fingerprint density at radius 3 is 3.06 bits per heavy atom. The van der Waals surface area contributed by atoms with Crippen LogP contribution in [0.15, 0.2) is 0 Å². The van der Waals surface area contributed by atoms with Gasteiger partial charge in [0.05, 0.1) is 7.11 Å². The molecule has 1 aromatic heterocycles. The zero-order valence-corrected chi connectivity index (χ0v) is 10.9. The number of rotatable bonds is 3. The first-order chi connectivity index (χ1) is 8.13. The fraction of sp³-hybridized carbons (Fsp3) is 0.636. The molecule has 1 atom stereocenters. The van der Waals surface area contributed by atoms with Gasteiger partial charge < -0.3 is 15.0 Å². The predicted molar refractivity (Wildman–Crippen MR) is 68.2 cm³/mol. The highest BCUT2D eigenvalue weighted by Crippen LogP contribution is 2.29. The number of carbonyl (C=O) groups excluding carboxylic acids is 1. The maximum atomic E-state index is 11.5. The maximum Gasteiger partial charge on any atom is 0.360 e. The molecule has 2 N–H and O–H groups in total. The zero-order chi connectivity index (χ0) is 12.4. The Bertz CT molecular complexity index is 425. The van der Waals surface area contributed by atoms with Crippen molar-refractivity contribution in [1.29, 1.82) is 0 Å². The Balaban J connectivity index is 2.21. The number of hydrogen-bond donors (Lipinski definition) is 1. The van der Waals surface area contributed by atoms with Gasteiger partial charge in [0.15, 0.2) is 5.69 Å². The van der Waals surface area contributed by atoms with E-state index in [0.29, 0.717) is 11.1 Å². The SMILES string of the molecule is COC(=O)c1nc(C)n(CC2CCCS2)c1N. The summed E-state index contributed by atoms with van der Waals surface area (Å²) in [5.41, 5.74) is 6.18. The van der Waals surface area contributed by atoms with Crippen LogP contribution in [-0.2, 0) is 11.3 Å². The number of esters is 1. The fourth-order valence-electron chi connectivity index (χ4n) is 2.05. The van der Waals surface area contributed by atoms with E-state index in [4.69, 9.17) is 5.73 Å². The van der Waals surface area contributed by atoms with Crippen molar-refractivity contribution in [2.24, 2.45) is 0 Å². The van der Waals surface area contributed by atoms with Crippen molar-refractivity contribution in [2.75, 3.05) is 18.6 Å². The predicted octanol–water partition coefficient (Wildman–Crippen LogP) is 1.46. The molecule has 1 aliphatic rings. The number of hydrogen-bond acceptors (Lipinski definition) is 5. The van der Waals surface area contributed by atoms with Crippen LogP contribution in [0.25, 0.3) is 0 Å². The number of methoxy groups -OCH3 is 1. The van der Waals surface area contributed by atoms with Crippen molar-refractivity contribution in [3.8, 4) is 0 Å². The number of ether oxygens (including phenoxy) is 1.